The number of rotatable bonds is 2. The van der Waals surface area contributed by atoms with Gasteiger partial charge in [0.2, 0.25) is 0 Å². The molecule has 2 aliphatic rings. The van der Waals surface area contributed by atoms with Gasteiger partial charge in [0, 0.05) is 0 Å². The van der Waals surface area contributed by atoms with Crippen molar-refractivity contribution in [2.45, 2.75) is 67.5 Å². The third kappa shape index (κ3) is 3.82. The number of hydrogen-bond donors (Lipinski definition) is 0. The van der Waals surface area contributed by atoms with E-state index in [0.717, 1.165) is 0 Å². The molecule has 0 aromatic carbocycles. The fraction of sp³-hybridized carbons (Fsp3) is 0.556. The van der Waals surface area contributed by atoms with E-state index in [-0.39, 0.29) is 62.0 Å². The van der Waals surface area contributed by atoms with Crippen LogP contribution in [0.1, 0.15) is 57.2 Å². The summed E-state index contributed by atoms with van der Waals surface area (Å²) in [5.41, 5.74) is 9.46. The van der Waals surface area contributed by atoms with Gasteiger partial charge in [-0.1, -0.05) is 45.8 Å². The molecule has 2 rings (SSSR count). The largest absolute Gasteiger partial charge is 1.00 e. The molecule has 0 aliphatic heterocycles. The molecule has 0 amide bonds. The van der Waals surface area contributed by atoms with Crippen LogP contribution in [-0.2, 0) is 0 Å². The van der Waals surface area contributed by atoms with E-state index in [2.05, 4.69) is 54.6 Å². The molecule has 108 valence electrons. The van der Waals surface area contributed by atoms with Gasteiger partial charge in [0.25, 0.3) is 0 Å². The Morgan fingerprint density at radius 2 is 0.905 bits per heavy atom. The van der Waals surface area contributed by atoms with E-state index in [9.17, 15) is 0 Å². The van der Waals surface area contributed by atoms with Crippen LogP contribution in [0.4, 0.5) is 0 Å². The molecule has 0 heterocycles. The molecule has 0 unspecified atom stereocenters. The van der Waals surface area contributed by atoms with Crippen molar-refractivity contribution in [1.82, 2.24) is 0 Å². The van der Waals surface area contributed by atoms with Gasteiger partial charge in [-0.25, -0.2) is 0 Å². The summed E-state index contributed by atoms with van der Waals surface area (Å²) in [4.78, 5) is 0. The van der Waals surface area contributed by atoms with E-state index < -0.39 is 8.07 Å². The summed E-state index contributed by atoms with van der Waals surface area (Å²) in [6.07, 6.45) is 2.46. The molecule has 0 spiro atoms. The van der Waals surface area contributed by atoms with Crippen molar-refractivity contribution in [2.24, 2.45) is 0 Å². The number of hydrogen-bond acceptors (Lipinski definition) is 0. The van der Waals surface area contributed by atoms with Gasteiger partial charge in [-0.05, 0) is 65.5 Å². The Morgan fingerprint density at radius 1 is 0.619 bits per heavy atom. The average molecular weight is 321 g/mol. The third-order valence-electron chi connectivity index (χ3n) is 5.70. The summed E-state index contributed by atoms with van der Waals surface area (Å²) in [5, 5.41) is 3.55. The molecule has 0 aromatic heterocycles. The standard InChI is InChI=1S/C18H28Si.2Na.2H/c1-11-9-17(15(5)13(11)3)19(7,8)18-10-12(2)14(4)16(18)6;;;;/h9-10H2,1-8H3;;;;/q;2*+1;2*-1. The van der Waals surface area contributed by atoms with E-state index in [0.29, 0.717) is 0 Å². The summed E-state index contributed by atoms with van der Waals surface area (Å²) in [7, 11) is -1.45. The molecule has 3 heteroatoms. The van der Waals surface area contributed by atoms with Crippen molar-refractivity contribution in [2.75, 3.05) is 0 Å². The zero-order valence-corrected chi connectivity index (χ0v) is 20.9. The Balaban J connectivity index is -0.000001000. The van der Waals surface area contributed by atoms with E-state index in [4.69, 9.17) is 0 Å². The van der Waals surface area contributed by atoms with Crippen LogP contribution in [0.5, 0.6) is 0 Å². The van der Waals surface area contributed by atoms with Gasteiger partial charge >= 0.3 is 59.1 Å². The first-order valence-electron chi connectivity index (χ1n) is 7.41. The zero-order chi connectivity index (χ0) is 14.5. The second kappa shape index (κ2) is 7.83. The SMILES string of the molecule is CC1=C(C)C(C)=C([Si](C)(C)C2=C(C)C(C)=C(C)C2)C1.[H-].[H-].[Na+].[Na+]. The van der Waals surface area contributed by atoms with Crippen molar-refractivity contribution in [3.8, 4) is 0 Å². The van der Waals surface area contributed by atoms with Crippen LogP contribution in [0.3, 0.4) is 0 Å². The van der Waals surface area contributed by atoms with E-state index >= 15 is 0 Å². The summed E-state index contributed by atoms with van der Waals surface area (Å²) in [6.45, 7) is 19.0. The quantitative estimate of drug-likeness (QED) is 0.634. The van der Waals surface area contributed by atoms with Gasteiger partial charge in [-0.2, -0.15) is 0 Å². The van der Waals surface area contributed by atoms with E-state index in [1.807, 2.05) is 0 Å². The van der Waals surface area contributed by atoms with Crippen LogP contribution in [0.15, 0.2) is 43.8 Å². The molecule has 2 aliphatic carbocycles. The molecular formula is C18H30Na2Si. The molecule has 0 bridgehead atoms. The first-order chi connectivity index (χ1) is 8.67. The van der Waals surface area contributed by atoms with E-state index in [1.54, 1.807) is 43.8 Å². The van der Waals surface area contributed by atoms with Crippen molar-refractivity contribution in [3.63, 3.8) is 0 Å². The number of allylic oxidation sites excluding steroid dienone is 8. The molecule has 0 N–H and O–H groups in total. The van der Waals surface area contributed by atoms with Gasteiger partial charge in [0.05, 0.1) is 0 Å². The Kier molecular flexibility index (Phi) is 8.27. The van der Waals surface area contributed by atoms with Gasteiger partial charge in [0.1, 0.15) is 8.07 Å². The fourth-order valence-electron chi connectivity index (χ4n) is 3.72. The van der Waals surface area contributed by atoms with Crippen molar-refractivity contribution >= 4 is 8.07 Å². The zero-order valence-electron chi connectivity index (χ0n) is 17.9. The summed E-state index contributed by atoms with van der Waals surface area (Å²) in [6, 6.07) is 0. The van der Waals surface area contributed by atoms with Crippen LogP contribution < -0.4 is 59.1 Å². The van der Waals surface area contributed by atoms with Crippen LogP contribution >= 0.6 is 0 Å². The molecule has 0 saturated heterocycles. The first kappa shape index (κ1) is 22.2. The summed E-state index contributed by atoms with van der Waals surface area (Å²) < 4.78 is 0. The maximum atomic E-state index is 2.56. The Morgan fingerprint density at radius 3 is 1.10 bits per heavy atom. The molecule has 0 fully saturated rings. The second-order valence-corrected chi connectivity index (χ2v) is 11.5. The summed E-state index contributed by atoms with van der Waals surface area (Å²) in [5.74, 6) is 0. The molecule has 21 heavy (non-hydrogen) atoms. The van der Waals surface area contributed by atoms with Crippen molar-refractivity contribution in [1.29, 1.82) is 0 Å². The minimum absolute atomic E-state index is 0. The molecule has 0 nitrogen and oxygen atoms in total. The molecule has 0 aromatic rings. The Bertz CT molecular complexity index is 532. The Hall–Kier alpha value is 1.18. The summed E-state index contributed by atoms with van der Waals surface area (Å²) >= 11 is 0. The smallest absolute Gasteiger partial charge is 1.00 e. The van der Waals surface area contributed by atoms with Crippen molar-refractivity contribution < 1.29 is 62.0 Å². The molecule has 0 radical (unpaired) electrons. The first-order valence-corrected chi connectivity index (χ1v) is 10.4. The monoisotopic (exact) mass is 320 g/mol. The van der Waals surface area contributed by atoms with Crippen LogP contribution in [0.25, 0.3) is 0 Å². The molecule has 0 saturated carbocycles. The van der Waals surface area contributed by atoms with Gasteiger partial charge in [-0.3, -0.25) is 0 Å². The minimum Gasteiger partial charge on any atom is -1.00 e. The third-order valence-corrected chi connectivity index (χ3v) is 9.82. The normalized spacial score (nSPS) is 19.4. The maximum absolute atomic E-state index is 2.56. The van der Waals surface area contributed by atoms with Gasteiger partial charge in [0.15, 0.2) is 0 Å². The van der Waals surface area contributed by atoms with Crippen LogP contribution in [-0.4, -0.2) is 8.07 Å². The van der Waals surface area contributed by atoms with E-state index in [1.165, 1.54) is 12.8 Å². The van der Waals surface area contributed by atoms with Crippen LogP contribution in [0.2, 0.25) is 13.1 Å². The molecular weight excluding hydrogens is 290 g/mol. The average Bonchev–Trinajstić information content (AvgIpc) is 2.75. The molecule has 0 atom stereocenters. The van der Waals surface area contributed by atoms with Gasteiger partial charge in [-0.15, -0.1) is 0 Å². The second-order valence-electron chi connectivity index (χ2n) is 7.00. The van der Waals surface area contributed by atoms with Gasteiger partial charge < -0.3 is 2.85 Å². The van der Waals surface area contributed by atoms with Crippen molar-refractivity contribution in [3.05, 3.63) is 43.8 Å². The minimum atomic E-state index is -1.45. The van der Waals surface area contributed by atoms with Crippen LogP contribution in [0, 0.1) is 0 Å². The predicted molar refractivity (Wildman–Crippen MR) is 91.1 cm³/mol. The fourth-order valence-corrected chi connectivity index (χ4v) is 7.74. The predicted octanol–water partition coefficient (Wildman–Crippen LogP) is 0.119. The topological polar surface area (TPSA) is 0 Å². The maximum Gasteiger partial charge on any atom is 1.00 e. The Labute approximate surface area is 179 Å².